The molecule has 0 unspecified atom stereocenters. The lowest BCUT2D eigenvalue weighted by Crippen LogP contribution is -2.39. The van der Waals surface area contributed by atoms with Crippen molar-refractivity contribution in [2.24, 2.45) is 10.9 Å². The normalized spacial score (nSPS) is 15.7. The van der Waals surface area contributed by atoms with E-state index in [1.165, 1.54) is 11.3 Å². The van der Waals surface area contributed by atoms with Crippen LogP contribution in [-0.4, -0.2) is 23.8 Å². The van der Waals surface area contributed by atoms with Crippen molar-refractivity contribution in [1.29, 1.82) is 0 Å². The summed E-state index contributed by atoms with van der Waals surface area (Å²) in [6, 6.07) is 14.9. The zero-order chi connectivity index (χ0) is 25.1. The number of rotatable bonds is 7. The molecule has 1 aliphatic rings. The van der Waals surface area contributed by atoms with Gasteiger partial charge in [-0.05, 0) is 44.4 Å². The first kappa shape index (κ1) is 24.7. The molecule has 1 atom stereocenters. The first-order valence-electron chi connectivity index (χ1n) is 11.8. The van der Waals surface area contributed by atoms with Crippen LogP contribution in [0.4, 0.5) is 0 Å². The minimum Gasteiger partial charge on any atom is -0.493 e. The Morgan fingerprint density at radius 2 is 1.86 bits per heavy atom. The third kappa shape index (κ3) is 5.15. The molecule has 0 fully saturated rings. The van der Waals surface area contributed by atoms with Gasteiger partial charge in [0.25, 0.3) is 5.56 Å². The van der Waals surface area contributed by atoms with E-state index in [1.54, 1.807) is 18.4 Å². The van der Waals surface area contributed by atoms with E-state index in [1.807, 2.05) is 61.5 Å². The number of benzene rings is 2. The van der Waals surface area contributed by atoms with E-state index in [0.29, 0.717) is 33.1 Å². The predicted molar refractivity (Wildman–Crippen MR) is 138 cm³/mol. The molecule has 1 aliphatic heterocycles. The zero-order valence-electron chi connectivity index (χ0n) is 20.7. The van der Waals surface area contributed by atoms with Gasteiger partial charge in [-0.2, -0.15) is 0 Å². The molecule has 0 spiro atoms. The summed E-state index contributed by atoms with van der Waals surface area (Å²) in [7, 11) is 0. The molecule has 0 bridgehead atoms. The molecule has 7 heteroatoms. The third-order valence-electron chi connectivity index (χ3n) is 5.69. The minimum atomic E-state index is -0.611. The number of para-hydroxylation sites is 1. The molecule has 4 rings (SSSR count). The number of hydrogen-bond acceptors (Lipinski definition) is 6. The van der Waals surface area contributed by atoms with E-state index in [2.05, 4.69) is 18.8 Å². The van der Waals surface area contributed by atoms with Crippen molar-refractivity contribution in [3.63, 3.8) is 0 Å². The average molecular weight is 491 g/mol. The second kappa shape index (κ2) is 10.4. The van der Waals surface area contributed by atoms with Gasteiger partial charge in [0, 0.05) is 5.56 Å². The minimum absolute atomic E-state index is 0.202. The van der Waals surface area contributed by atoms with Gasteiger partial charge in [-0.25, -0.2) is 9.79 Å². The number of nitrogens with zero attached hydrogens (tertiary/aromatic N) is 2. The van der Waals surface area contributed by atoms with Crippen LogP contribution in [-0.2, 0) is 9.53 Å². The lowest BCUT2D eigenvalue weighted by molar-refractivity contribution is -0.139. The van der Waals surface area contributed by atoms with Crippen LogP contribution in [0.15, 0.2) is 69.6 Å². The fourth-order valence-electron chi connectivity index (χ4n) is 3.98. The third-order valence-corrected chi connectivity index (χ3v) is 6.67. The molecule has 2 aromatic carbocycles. The molecule has 182 valence electrons. The summed E-state index contributed by atoms with van der Waals surface area (Å²) in [6.45, 7) is 10.6. The Balaban J connectivity index is 1.89. The van der Waals surface area contributed by atoms with E-state index < -0.39 is 12.0 Å². The van der Waals surface area contributed by atoms with Crippen LogP contribution in [0.25, 0.3) is 6.08 Å². The van der Waals surface area contributed by atoms with Crippen LogP contribution in [0.5, 0.6) is 5.75 Å². The number of thiazole rings is 1. The Morgan fingerprint density at radius 3 is 2.54 bits per heavy atom. The Morgan fingerprint density at radius 1 is 1.14 bits per heavy atom. The van der Waals surface area contributed by atoms with Gasteiger partial charge < -0.3 is 9.47 Å². The molecule has 0 radical (unpaired) electrons. The summed E-state index contributed by atoms with van der Waals surface area (Å²) in [5.41, 5.74) is 3.50. The average Bonchev–Trinajstić information content (AvgIpc) is 3.12. The fourth-order valence-corrected chi connectivity index (χ4v) is 5.02. The van der Waals surface area contributed by atoms with Gasteiger partial charge in [-0.3, -0.25) is 9.36 Å². The molecule has 2 heterocycles. The number of carbonyl (C=O) groups is 1. The SMILES string of the molecule is CCOC(=O)C1=C(C)N=c2s/c(=C\c3ccccc3OCC(C)C)c(=O)n2[C@@H]1c1ccc(C)cc1. The van der Waals surface area contributed by atoms with Crippen molar-refractivity contribution >= 4 is 23.4 Å². The molecule has 0 saturated carbocycles. The van der Waals surface area contributed by atoms with Crippen molar-refractivity contribution in [1.82, 2.24) is 4.57 Å². The van der Waals surface area contributed by atoms with E-state index in [4.69, 9.17) is 9.47 Å². The molecular weight excluding hydrogens is 460 g/mol. The molecule has 0 N–H and O–H groups in total. The Hall–Kier alpha value is -3.45. The van der Waals surface area contributed by atoms with Crippen molar-refractivity contribution in [3.8, 4) is 5.75 Å². The van der Waals surface area contributed by atoms with Gasteiger partial charge in [0.2, 0.25) is 0 Å². The fraction of sp³-hybridized carbons (Fsp3) is 0.321. The highest BCUT2D eigenvalue weighted by atomic mass is 32.1. The molecule has 0 amide bonds. The number of esters is 1. The lowest BCUT2D eigenvalue weighted by atomic mass is 9.95. The first-order valence-corrected chi connectivity index (χ1v) is 12.6. The summed E-state index contributed by atoms with van der Waals surface area (Å²) in [6.07, 6.45) is 1.84. The summed E-state index contributed by atoms with van der Waals surface area (Å²) < 4.78 is 13.5. The second-order valence-corrected chi connectivity index (χ2v) is 9.96. The van der Waals surface area contributed by atoms with E-state index in [0.717, 1.165) is 22.4 Å². The van der Waals surface area contributed by atoms with Crippen molar-refractivity contribution in [2.45, 2.75) is 40.7 Å². The van der Waals surface area contributed by atoms with Gasteiger partial charge in [0.1, 0.15) is 5.75 Å². The van der Waals surface area contributed by atoms with Crippen LogP contribution >= 0.6 is 11.3 Å². The highest BCUT2D eigenvalue weighted by molar-refractivity contribution is 7.07. The number of aromatic nitrogens is 1. The maximum absolute atomic E-state index is 13.7. The largest absolute Gasteiger partial charge is 0.493 e. The summed E-state index contributed by atoms with van der Waals surface area (Å²) in [4.78, 5) is 31.9. The lowest BCUT2D eigenvalue weighted by Gasteiger charge is -2.24. The highest BCUT2D eigenvalue weighted by Gasteiger charge is 2.33. The smallest absolute Gasteiger partial charge is 0.338 e. The second-order valence-electron chi connectivity index (χ2n) is 8.96. The maximum Gasteiger partial charge on any atom is 0.338 e. The van der Waals surface area contributed by atoms with Gasteiger partial charge in [-0.1, -0.05) is 73.2 Å². The summed E-state index contributed by atoms with van der Waals surface area (Å²) in [5, 5.41) is 0. The van der Waals surface area contributed by atoms with Crippen molar-refractivity contribution < 1.29 is 14.3 Å². The number of ether oxygens (including phenoxy) is 2. The summed E-state index contributed by atoms with van der Waals surface area (Å²) in [5.74, 6) is 0.652. The quantitative estimate of drug-likeness (QED) is 0.467. The monoisotopic (exact) mass is 490 g/mol. The van der Waals surface area contributed by atoms with Crippen LogP contribution in [0.2, 0.25) is 0 Å². The molecular formula is C28H30N2O4S. The Labute approximate surface area is 208 Å². The Bertz CT molecular complexity index is 1450. The molecule has 3 aromatic rings. The Kier molecular flexibility index (Phi) is 7.36. The van der Waals surface area contributed by atoms with Crippen LogP contribution in [0.1, 0.15) is 50.4 Å². The van der Waals surface area contributed by atoms with E-state index >= 15 is 0 Å². The number of carbonyl (C=O) groups excluding carboxylic acids is 1. The van der Waals surface area contributed by atoms with Crippen LogP contribution in [0, 0.1) is 12.8 Å². The van der Waals surface area contributed by atoms with Crippen molar-refractivity contribution in [2.75, 3.05) is 13.2 Å². The number of fused-ring (bicyclic) bond motifs is 1. The standard InChI is InChI=1S/C28H30N2O4S/c1-6-33-27(32)24-19(5)29-28-30(25(24)20-13-11-18(4)12-14-20)26(31)23(35-28)15-21-9-7-8-10-22(21)34-16-17(2)3/h7-15,17,25H,6,16H2,1-5H3/b23-15-/t25-/m1/s1. The number of aryl methyl sites for hydroxylation is 1. The summed E-state index contributed by atoms with van der Waals surface area (Å²) >= 11 is 1.31. The van der Waals surface area contributed by atoms with E-state index in [9.17, 15) is 9.59 Å². The predicted octanol–water partition coefficient (Wildman–Crippen LogP) is 4.14. The van der Waals surface area contributed by atoms with Crippen LogP contribution < -0.4 is 19.6 Å². The topological polar surface area (TPSA) is 69.9 Å². The number of allylic oxidation sites excluding steroid dienone is 1. The zero-order valence-corrected chi connectivity index (χ0v) is 21.5. The highest BCUT2D eigenvalue weighted by Crippen LogP contribution is 2.31. The number of hydrogen-bond donors (Lipinski definition) is 0. The van der Waals surface area contributed by atoms with Crippen LogP contribution in [0.3, 0.4) is 0 Å². The van der Waals surface area contributed by atoms with Gasteiger partial charge >= 0.3 is 5.97 Å². The maximum atomic E-state index is 13.7. The first-order chi connectivity index (χ1) is 16.8. The molecule has 6 nitrogen and oxygen atoms in total. The van der Waals surface area contributed by atoms with Gasteiger partial charge in [0.15, 0.2) is 4.80 Å². The van der Waals surface area contributed by atoms with Gasteiger partial charge in [-0.15, -0.1) is 0 Å². The molecule has 0 saturated heterocycles. The van der Waals surface area contributed by atoms with Gasteiger partial charge in [0.05, 0.1) is 35.1 Å². The molecule has 1 aromatic heterocycles. The molecule has 35 heavy (non-hydrogen) atoms. The van der Waals surface area contributed by atoms with Crippen molar-refractivity contribution in [3.05, 3.63) is 96.2 Å². The van der Waals surface area contributed by atoms with E-state index in [-0.39, 0.29) is 12.2 Å². The molecule has 0 aliphatic carbocycles.